The third-order valence-corrected chi connectivity index (χ3v) is 8.85. The largest absolute Gasteiger partial charge is 0.497 e. The van der Waals surface area contributed by atoms with E-state index in [1.807, 2.05) is 37.3 Å². The molecule has 1 unspecified atom stereocenters. The lowest BCUT2D eigenvalue weighted by Gasteiger charge is -2.33. The fraction of sp³-hybridized carbons (Fsp3) is 0.212. The Balaban J connectivity index is 1.79. The Labute approximate surface area is 251 Å². The summed E-state index contributed by atoms with van der Waals surface area (Å²) in [5.74, 6) is -1.21. The van der Waals surface area contributed by atoms with Crippen LogP contribution < -0.4 is 14.4 Å². The zero-order valence-electron chi connectivity index (χ0n) is 24.2. The van der Waals surface area contributed by atoms with Crippen LogP contribution in [0.25, 0.3) is 0 Å². The number of nitrogens with zero attached hydrogens (tertiary/aromatic N) is 2. The molecule has 4 aromatic carbocycles. The Hall–Kier alpha value is -4.70. The molecule has 43 heavy (non-hydrogen) atoms. The molecule has 10 heteroatoms. The van der Waals surface area contributed by atoms with E-state index in [1.54, 1.807) is 30.3 Å². The van der Waals surface area contributed by atoms with Crippen LogP contribution >= 0.6 is 0 Å². The van der Waals surface area contributed by atoms with Crippen molar-refractivity contribution in [1.82, 2.24) is 10.2 Å². The summed E-state index contributed by atoms with van der Waals surface area (Å²) < 4.78 is 49.1. The van der Waals surface area contributed by atoms with E-state index < -0.39 is 40.2 Å². The lowest BCUT2D eigenvalue weighted by atomic mass is 10.0. The van der Waals surface area contributed by atoms with Crippen LogP contribution in [0.5, 0.6) is 5.75 Å². The van der Waals surface area contributed by atoms with Gasteiger partial charge in [0.05, 0.1) is 17.7 Å². The second kappa shape index (κ2) is 14.0. The molecule has 0 aliphatic rings. The van der Waals surface area contributed by atoms with E-state index in [4.69, 9.17) is 4.74 Å². The summed E-state index contributed by atoms with van der Waals surface area (Å²) in [7, 11) is -1.32. The molecular weight excluding hydrogens is 569 g/mol. The van der Waals surface area contributed by atoms with Gasteiger partial charge in [-0.3, -0.25) is 13.9 Å². The minimum absolute atomic E-state index is 0.0468. The summed E-state index contributed by atoms with van der Waals surface area (Å²) in [6.45, 7) is 0.986. The van der Waals surface area contributed by atoms with E-state index in [0.29, 0.717) is 5.75 Å². The topological polar surface area (TPSA) is 96.0 Å². The van der Waals surface area contributed by atoms with Gasteiger partial charge in [-0.2, -0.15) is 0 Å². The first-order chi connectivity index (χ1) is 20.6. The molecule has 0 radical (unpaired) electrons. The van der Waals surface area contributed by atoms with Gasteiger partial charge >= 0.3 is 0 Å². The fourth-order valence-corrected chi connectivity index (χ4v) is 6.06. The van der Waals surface area contributed by atoms with E-state index >= 15 is 0 Å². The molecule has 4 aromatic rings. The van der Waals surface area contributed by atoms with Crippen molar-refractivity contribution in [3.63, 3.8) is 0 Å². The van der Waals surface area contributed by atoms with Gasteiger partial charge in [0.25, 0.3) is 10.0 Å². The summed E-state index contributed by atoms with van der Waals surface area (Å²) in [4.78, 5) is 28.7. The van der Waals surface area contributed by atoms with Crippen LogP contribution in [0.15, 0.2) is 108 Å². The quantitative estimate of drug-likeness (QED) is 0.253. The summed E-state index contributed by atoms with van der Waals surface area (Å²) in [6.07, 6.45) is 0.135. The zero-order valence-corrected chi connectivity index (χ0v) is 25.1. The van der Waals surface area contributed by atoms with Gasteiger partial charge in [0.15, 0.2) is 0 Å². The Morgan fingerprint density at radius 2 is 1.51 bits per heavy atom. The fourth-order valence-electron chi connectivity index (χ4n) is 4.65. The van der Waals surface area contributed by atoms with Crippen LogP contribution in [0.2, 0.25) is 0 Å². The molecule has 0 fully saturated rings. The minimum Gasteiger partial charge on any atom is -0.497 e. The third kappa shape index (κ3) is 7.58. The maximum Gasteiger partial charge on any atom is 0.264 e. The Bertz CT molecular complexity index is 1650. The molecule has 224 valence electrons. The van der Waals surface area contributed by atoms with E-state index in [0.717, 1.165) is 15.4 Å². The number of aryl methyl sites for hydroxylation is 1. The molecule has 0 bridgehead atoms. The van der Waals surface area contributed by atoms with Gasteiger partial charge in [0.1, 0.15) is 24.2 Å². The van der Waals surface area contributed by atoms with Crippen LogP contribution in [-0.2, 0) is 32.6 Å². The summed E-state index contributed by atoms with van der Waals surface area (Å²) in [5, 5.41) is 2.61. The maximum atomic E-state index is 14.9. The van der Waals surface area contributed by atoms with Crippen molar-refractivity contribution in [1.29, 1.82) is 0 Å². The highest BCUT2D eigenvalue weighted by atomic mass is 32.2. The Morgan fingerprint density at radius 1 is 0.884 bits per heavy atom. The van der Waals surface area contributed by atoms with E-state index in [9.17, 15) is 22.4 Å². The number of halogens is 1. The number of hydrogen-bond donors (Lipinski definition) is 1. The van der Waals surface area contributed by atoms with Gasteiger partial charge < -0.3 is 15.0 Å². The van der Waals surface area contributed by atoms with Gasteiger partial charge in [-0.25, -0.2) is 12.8 Å². The molecule has 0 aliphatic heterocycles. The standard InChI is InChI=1S/C33H34FN3O5S/c1-24-13-15-27(16-14-24)37(43(40,41)29-19-17-28(42-3)18-20-29)23-32(38)36(22-26-11-7-8-12-30(26)34)31(33(39)35-2)21-25-9-5-4-6-10-25/h4-20,31H,21-23H2,1-3H3,(H,35,39). The maximum absolute atomic E-state index is 14.9. The molecule has 4 rings (SSSR count). The van der Waals surface area contributed by atoms with Crippen molar-refractivity contribution >= 4 is 27.5 Å². The molecule has 0 spiro atoms. The summed E-state index contributed by atoms with van der Waals surface area (Å²) in [5.41, 5.74) is 2.14. The molecular formula is C33H34FN3O5S. The summed E-state index contributed by atoms with van der Waals surface area (Å²) >= 11 is 0. The molecule has 0 heterocycles. The molecule has 2 amide bonds. The van der Waals surface area contributed by atoms with Crippen LogP contribution in [0, 0.1) is 12.7 Å². The van der Waals surface area contributed by atoms with Crippen molar-refractivity contribution in [2.75, 3.05) is 25.0 Å². The van der Waals surface area contributed by atoms with Crippen LogP contribution in [0.1, 0.15) is 16.7 Å². The molecule has 0 aromatic heterocycles. The third-order valence-electron chi connectivity index (χ3n) is 7.06. The lowest BCUT2D eigenvalue weighted by Crippen LogP contribution is -2.53. The predicted octanol–water partition coefficient (Wildman–Crippen LogP) is 4.72. The molecule has 1 atom stereocenters. The van der Waals surface area contributed by atoms with Gasteiger partial charge in [0, 0.05) is 25.6 Å². The molecule has 0 saturated heterocycles. The Morgan fingerprint density at radius 3 is 2.12 bits per heavy atom. The number of carbonyl (C=O) groups is 2. The molecule has 1 N–H and O–H groups in total. The number of hydrogen-bond acceptors (Lipinski definition) is 5. The first-order valence-corrected chi connectivity index (χ1v) is 15.1. The first-order valence-electron chi connectivity index (χ1n) is 13.7. The normalized spacial score (nSPS) is 11.8. The van der Waals surface area contributed by atoms with Gasteiger partial charge in [0.2, 0.25) is 11.8 Å². The number of nitrogens with one attached hydrogen (secondary N) is 1. The van der Waals surface area contributed by atoms with Gasteiger partial charge in [-0.1, -0.05) is 66.2 Å². The Kier molecular flexibility index (Phi) is 10.2. The molecule has 0 aliphatic carbocycles. The number of benzene rings is 4. The van der Waals surface area contributed by atoms with E-state index in [2.05, 4.69) is 5.32 Å². The van der Waals surface area contributed by atoms with Crippen molar-refractivity contribution in [2.45, 2.75) is 30.8 Å². The van der Waals surface area contributed by atoms with E-state index in [1.165, 1.54) is 61.5 Å². The number of amides is 2. The smallest absolute Gasteiger partial charge is 0.264 e. The van der Waals surface area contributed by atoms with Crippen molar-refractivity contribution in [2.24, 2.45) is 0 Å². The van der Waals surface area contributed by atoms with Crippen molar-refractivity contribution in [3.8, 4) is 5.75 Å². The first kappa shape index (κ1) is 31.2. The van der Waals surface area contributed by atoms with Crippen molar-refractivity contribution in [3.05, 3.63) is 126 Å². The number of methoxy groups -OCH3 is 1. The summed E-state index contributed by atoms with van der Waals surface area (Å²) in [6, 6.07) is 26.6. The SMILES string of the molecule is CNC(=O)C(Cc1ccccc1)N(Cc1ccccc1F)C(=O)CN(c1ccc(C)cc1)S(=O)(=O)c1ccc(OC)cc1. The molecule has 8 nitrogen and oxygen atoms in total. The monoisotopic (exact) mass is 603 g/mol. The second-order valence-electron chi connectivity index (χ2n) is 9.96. The number of likely N-dealkylation sites (N-methyl/N-ethyl adjacent to an activating group) is 1. The number of ether oxygens (including phenoxy) is 1. The highest BCUT2D eigenvalue weighted by Gasteiger charge is 2.34. The number of carbonyl (C=O) groups excluding carboxylic acids is 2. The number of rotatable bonds is 12. The minimum atomic E-state index is -4.26. The predicted molar refractivity (Wildman–Crippen MR) is 164 cm³/mol. The second-order valence-corrected chi connectivity index (χ2v) is 11.8. The average Bonchev–Trinajstić information content (AvgIpc) is 3.02. The van der Waals surface area contributed by atoms with Crippen LogP contribution in [0.3, 0.4) is 0 Å². The number of anilines is 1. The van der Waals surface area contributed by atoms with E-state index in [-0.39, 0.29) is 29.1 Å². The van der Waals surface area contributed by atoms with Gasteiger partial charge in [-0.05, 0) is 55.0 Å². The van der Waals surface area contributed by atoms with Crippen molar-refractivity contribution < 1.29 is 27.1 Å². The number of sulfonamides is 1. The molecule has 0 saturated carbocycles. The van der Waals surface area contributed by atoms with Gasteiger partial charge in [-0.15, -0.1) is 0 Å². The zero-order chi connectivity index (χ0) is 31.0. The van der Waals surface area contributed by atoms with Crippen LogP contribution in [-0.4, -0.2) is 51.9 Å². The van der Waals surface area contributed by atoms with Crippen LogP contribution in [0.4, 0.5) is 10.1 Å². The lowest BCUT2D eigenvalue weighted by molar-refractivity contribution is -0.139. The highest BCUT2D eigenvalue weighted by Crippen LogP contribution is 2.27. The highest BCUT2D eigenvalue weighted by molar-refractivity contribution is 7.92. The average molecular weight is 604 g/mol.